The summed E-state index contributed by atoms with van der Waals surface area (Å²) in [5, 5.41) is 45.1. The van der Waals surface area contributed by atoms with Crippen molar-refractivity contribution in [1.82, 2.24) is 9.80 Å². The van der Waals surface area contributed by atoms with Crippen LogP contribution in [0.15, 0.2) is 22.7 Å². The number of aromatic hydroxyl groups is 1. The number of nitrogens with zero attached hydrogens (tertiary/aromatic N) is 2. The lowest BCUT2D eigenvalue weighted by atomic mass is 9.58. The van der Waals surface area contributed by atoms with E-state index in [1.54, 1.807) is 14.1 Å². The quantitative estimate of drug-likeness (QED) is 0.353. The van der Waals surface area contributed by atoms with Gasteiger partial charge in [-0.05, 0) is 52.6 Å². The zero-order chi connectivity index (χ0) is 28.7. The summed E-state index contributed by atoms with van der Waals surface area (Å²) in [7, 11) is 3.11. The number of nitrogens with two attached hydrogens (primary N) is 1. The summed E-state index contributed by atoms with van der Waals surface area (Å²) in [5.41, 5.74) is 1.93. The number of aliphatic hydroxyl groups is 3. The number of phenolic OH excluding ortho intramolecular Hbond substituents is 1. The number of likely N-dealkylation sites (N-methyl/N-ethyl adjacent to an activating group) is 1. The van der Waals surface area contributed by atoms with Gasteiger partial charge in [0.15, 0.2) is 11.4 Å². The van der Waals surface area contributed by atoms with Gasteiger partial charge in [0, 0.05) is 47.3 Å². The van der Waals surface area contributed by atoms with Crippen molar-refractivity contribution in [2.45, 2.75) is 63.8 Å². The molecule has 0 spiro atoms. The van der Waals surface area contributed by atoms with Crippen molar-refractivity contribution >= 4 is 17.5 Å². The minimum absolute atomic E-state index is 0.0374. The maximum atomic E-state index is 16.1. The zero-order valence-electron chi connectivity index (χ0n) is 22.4. The maximum absolute atomic E-state index is 16.1. The topological polar surface area (TPSA) is 165 Å². The second-order valence-corrected chi connectivity index (χ2v) is 11.4. The highest BCUT2D eigenvalue weighted by molar-refractivity contribution is 6.24. The summed E-state index contributed by atoms with van der Waals surface area (Å²) in [6, 6.07) is -0.890. The number of hydrogen-bond acceptors (Lipinski definition) is 9. The number of carbonyl (C=O) groups is 3. The highest BCUT2D eigenvalue weighted by Crippen LogP contribution is 2.53. The molecule has 1 aliphatic heterocycles. The molecule has 5 rings (SSSR count). The lowest BCUT2D eigenvalue weighted by Crippen LogP contribution is -2.63. The highest BCUT2D eigenvalue weighted by atomic mass is 19.1. The van der Waals surface area contributed by atoms with Crippen molar-refractivity contribution in [2.75, 3.05) is 20.6 Å². The molecule has 39 heavy (non-hydrogen) atoms. The SMILES string of the molecule is CC[C@H](C)N1CCc2c(O)c3c(c(F)c2C1)C[C@H]1C[C@H]2[C@H](N(C)C)C(O)=C(C(N)=O)C(=O)[C@@]2(O)C(O)=C1C3=O. The number of allylic oxidation sites excluding steroid dienone is 1. The molecule has 0 radical (unpaired) electrons. The number of benzene rings is 1. The number of primary amides is 1. The normalized spacial score (nSPS) is 29.7. The van der Waals surface area contributed by atoms with Gasteiger partial charge in [0.05, 0.1) is 11.6 Å². The van der Waals surface area contributed by atoms with E-state index >= 15 is 4.39 Å². The minimum atomic E-state index is -2.72. The third kappa shape index (κ3) is 3.59. The molecule has 0 unspecified atom stereocenters. The van der Waals surface area contributed by atoms with Crippen LogP contribution >= 0.6 is 0 Å². The predicted molar refractivity (Wildman–Crippen MR) is 137 cm³/mol. The first-order valence-corrected chi connectivity index (χ1v) is 13.2. The lowest BCUT2D eigenvalue weighted by Gasteiger charge is -2.50. The van der Waals surface area contributed by atoms with Gasteiger partial charge in [-0.3, -0.25) is 24.2 Å². The number of hydrogen-bond donors (Lipinski definition) is 5. The van der Waals surface area contributed by atoms with E-state index in [0.29, 0.717) is 24.1 Å². The van der Waals surface area contributed by atoms with Gasteiger partial charge in [-0.1, -0.05) is 6.92 Å². The summed E-state index contributed by atoms with van der Waals surface area (Å²) < 4.78 is 16.1. The van der Waals surface area contributed by atoms with Crippen molar-refractivity contribution < 1.29 is 39.2 Å². The molecule has 0 fully saturated rings. The number of rotatable bonds is 4. The Labute approximate surface area is 225 Å². The number of Topliss-reactive ketones (excluding diaryl/α,β-unsaturated/α-hetero) is 2. The molecule has 0 aromatic heterocycles. The molecule has 1 amide bonds. The molecule has 6 N–H and O–H groups in total. The monoisotopic (exact) mass is 543 g/mol. The van der Waals surface area contributed by atoms with Crippen LogP contribution in [0.2, 0.25) is 0 Å². The lowest BCUT2D eigenvalue weighted by molar-refractivity contribution is -0.148. The van der Waals surface area contributed by atoms with Crippen LogP contribution in [0.3, 0.4) is 0 Å². The van der Waals surface area contributed by atoms with Crippen molar-refractivity contribution in [2.24, 2.45) is 17.6 Å². The number of carbonyl (C=O) groups excluding carboxylic acids is 3. The molecule has 0 saturated heterocycles. The summed E-state index contributed by atoms with van der Waals surface area (Å²) in [5.74, 6) is -7.94. The fraction of sp³-hybridized carbons (Fsp3) is 0.536. The van der Waals surface area contributed by atoms with Crippen molar-refractivity contribution in [3.63, 3.8) is 0 Å². The van der Waals surface area contributed by atoms with Crippen LogP contribution in [0.4, 0.5) is 4.39 Å². The molecule has 5 atom stereocenters. The van der Waals surface area contributed by atoms with Gasteiger partial charge in [0.1, 0.15) is 28.7 Å². The molecule has 4 aliphatic rings. The first-order valence-electron chi connectivity index (χ1n) is 13.2. The van der Waals surface area contributed by atoms with E-state index in [9.17, 15) is 34.8 Å². The third-order valence-corrected chi connectivity index (χ3v) is 9.26. The Morgan fingerprint density at radius 1 is 1.21 bits per heavy atom. The number of ketones is 2. The van der Waals surface area contributed by atoms with Crippen LogP contribution in [0, 0.1) is 17.7 Å². The second kappa shape index (κ2) is 9.14. The van der Waals surface area contributed by atoms with Crippen LogP contribution in [0.1, 0.15) is 53.7 Å². The van der Waals surface area contributed by atoms with Gasteiger partial charge >= 0.3 is 0 Å². The smallest absolute Gasteiger partial charge is 0.255 e. The van der Waals surface area contributed by atoms with Crippen molar-refractivity contribution in [1.29, 1.82) is 0 Å². The molecule has 210 valence electrons. The molecule has 0 bridgehead atoms. The molecule has 1 aromatic carbocycles. The Kier molecular flexibility index (Phi) is 6.40. The molecule has 3 aliphatic carbocycles. The fourth-order valence-electron chi connectivity index (χ4n) is 7.05. The minimum Gasteiger partial charge on any atom is -0.510 e. The van der Waals surface area contributed by atoms with Gasteiger partial charge in [0.25, 0.3) is 5.91 Å². The number of aliphatic hydroxyl groups excluding tert-OH is 2. The molecule has 1 heterocycles. The van der Waals surface area contributed by atoms with E-state index in [4.69, 9.17) is 5.73 Å². The fourth-order valence-corrected chi connectivity index (χ4v) is 7.05. The third-order valence-electron chi connectivity index (χ3n) is 9.26. The molecule has 10 nitrogen and oxygen atoms in total. The van der Waals surface area contributed by atoms with Gasteiger partial charge in [-0.15, -0.1) is 0 Å². The zero-order valence-corrected chi connectivity index (χ0v) is 22.4. The summed E-state index contributed by atoms with van der Waals surface area (Å²) >= 11 is 0. The average molecular weight is 544 g/mol. The van der Waals surface area contributed by atoms with Crippen LogP contribution in [-0.4, -0.2) is 86.0 Å². The first kappa shape index (κ1) is 27.3. The van der Waals surface area contributed by atoms with E-state index in [-0.39, 0.29) is 47.9 Å². The van der Waals surface area contributed by atoms with Crippen LogP contribution in [0.25, 0.3) is 0 Å². The number of amides is 1. The summed E-state index contributed by atoms with van der Waals surface area (Å²) in [4.78, 5) is 42.9. The van der Waals surface area contributed by atoms with Crippen molar-refractivity contribution in [3.8, 4) is 5.75 Å². The van der Waals surface area contributed by atoms with Crippen LogP contribution < -0.4 is 5.73 Å². The molecule has 11 heteroatoms. The molecular weight excluding hydrogens is 509 g/mol. The molecule has 1 aromatic rings. The van der Waals surface area contributed by atoms with Crippen LogP contribution in [0.5, 0.6) is 5.75 Å². The van der Waals surface area contributed by atoms with Gasteiger partial charge in [-0.25, -0.2) is 4.39 Å². The highest BCUT2D eigenvalue weighted by Gasteiger charge is 2.63. The van der Waals surface area contributed by atoms with E-state index in [0.717, 1.165) is 6.42 Å². The standard InChI is InChI=1S/C28H34FN3O7/c1-5-11(2)32-7-6-13-15(10-32)20(29)14-8-12-9-16-21(31(3)4)24(35)19(27(30)38)26(37)28(16,39)25(36)17(12)23(34)18(14)22(13)33/h11-12,16,21,33,35-36,39H,5-10H2,1-4H3,(H2,30,38)/t11-,12-,16-,21-,28-/m0/s1. The Balaban J connectivity index is 1.68. The Hall–Kier alpha value is -3.28. The maximum Gasteiger partial charge on any atom is 0.255 e. The largest absolute Gasteiger partial charge is 0.510 e. The van der Waals surface area contributed by atoms with E-state index in [1.165, 1.54) is 4.90 Å². The van der Waals surface area contributed by atoms with Gasteiger partial charge < -0.3 is 26.2 Å². The molecule has 0 saturated carbocycles. The summed E-state index contributed by atoms with van der Waals surface area (Å²) in [6.07, 6.45) is 1.06. The Bertz CT molecular complexity index is 1380. The average Bonchev–Trinajstić information content (AvgIpc) is 2.88. The van der Waals surface area contributed by atoms with Gasteiger partial charge in [-0.2, -0.15) is 0 Å². The van der Waals surface area contributed by atoms with Crippen LogP contribution in [-0.2, 0) is 29.0 Å². The number of phenols is 1. The van der Waals surface area contributed by atoms with E-state index in [1.807, 2.05) is 13.8 Å². The van der Waals surface area contributed by atoms with E-state index < -0.39 is 63.9 Å². The first-order chi connectivity index (χ1) is 18.3. The Morgan fingerprint density at radius 3 is 2.46 bits per heavy atom. The number of fused-ring (bicyclic) bond motifs is 4. The Morgan fingerprint density at radius 2 is 1.87 bits per heavy atom. The van der Waals surface area contributed by atoms with Crippen molar-refractivity contribution in [3.05, 3.63) is 50.7 Å². The number of halogens is 1. The van der Waals surface area contributed by atoms with E-state index in [2.05, 4.69) is 4.90 Å². The summed E-state index contributed by atoms with van der Waals surface area (Å²) in [6.45, 7) is 4.96. The molecular formula is C28H34FN3O7. The second-order valence-electron chi connectivity index (χ2n) is 11.4. The van der Waals surface area contributed by atoms with Gasteiger partial charge in [0.2, 0.25) is 5.78 Å². The predicted octanol–water partition coefficient (Wildman–Crippen LogP) is 1.42.